The topological polar surface area (TPSA) is 39.7 Å². The van der Waals surface area contributed by atoms with E-state index in [1.807, 2.05) is 12.1 Å². The molecule has 2 aliphatic rings. The molecule has 2 N–H and O–H groups in total. The van der Waals surface area contributed by atoms with Crippen molar-refractivity contribution in [2.24, 2.45) is 4.99 Å². The zero-order valence-electron chi connectivity index (χ0n) is 16.0. The van der Waals surface area contributed by atoms with E-state index in [4.69, 9.17) is 0 Å². The molecule has 3 rings (SSSR count). The lowest BCUT2D eigenvalue weighted by Crippen LogP contribution is -2.50. The highest BCUT2D eigenvalue weighted by Crippen LogP contribution is 2.48. The number of hydrogen-bond acceptors (Lipinski definition) is 2. The number of likely N-dealkylation sites (tertiary alicyclic amines) is 1. The van der Waals surface area contributed by atoms with Crippen molar-refractivity contribution < 1.29 is 4.39 Å². The Morgan fingerprint density at radius 1 is 1.31 bits per heavy atom. The van der Waals surface area contributed by atoms with Gasteiger partial charge in [0.15, 0.2) is 5.96 Å². The van der Waals surface area contributed by atoms with Crippen molar-refractivity contribution in [1.29, 1.82) is 0 Å². The quantitative estimate of drug-likeness (QED) is 0.466. The molecule has 0 radical (unpaired) electrons. The van der Waals surface area contributed by atoms with Crippen molar-refractivity contribution in [2.75, 3.05) is 33.2 Å². The predicted molar refractivity (Wildman–Crippen MR) is 106 cm³/mol. The fourth-order valence-electron chi connectivity index (χ4n) is 3.84. The molecule has 0 spiro atoms. The largest absolute Gasteiger partial charge is 0.356 e. The van der Waals surface area contributed by atoms with Gasteiger partial charge in [-0.1, -0.05) is 30.4 Å². The maximum atomic E-state index is 14.1. The molecule has 0 aromatic heterocycles. The zero-order valence-corrected chi connectivity index (χ0v) is 16.0. The van der Waals surface area contributed by atoms with Crippen LogP contribution >= 0.6 is 0 Å². The first-order chi connectivity index (χ1) is 12.5. The second-order valence-electron chi connectivity index (χ2n) is 7.84. The smallest absolute Gasteiger partial charge is 0.191 e. The van der Waals surface area contributed by atoms with E-state index in [9.17, 15) is 4.39 Å². The third-order valence-electron chi connectivity index (χ3n) is 5.54. The van der Waals surface area contributed by atoms with E-state index >= 15 is 0 Å². The summed E-state index contributed by atoms with van der Waals surface area (Å²) in [6, 6.07) is 7.58. The van der Waals surface area contributed by atoms with Crippen LogP contribution in [0.2, 0.25) is 0 Å². The number of aliphatic imine (C=N–C) groups is 1. The van der Waals surface area contributed by atoms with Gasteiger partial charge in [-0.25, -0.2) is 4.39 Å². The maximum Gasteiger partial charge on any atom is 0.191 e. The average molecular weight is 359 g/mol. The van der Waals surface area contributed by atoms with Crippen LogP contribution in [0.5, 0.6) is 0 Å². The first kappa shape index (κ1) is 18.9. The number of halogens is 1. The Kier molecular flexibility index (Phi) is 5.97. The average Bonchev–Trinajstić information content (AvgIpc) is 3.41. The standard InChI is InChI=1S/C21H31FN4/c1-16(2)14-26-12-8-17(9-13-26)25-20(23-3)24-15-21(10-11-21)18-6-4-5-7-19(18)22/h4-7,17H,1,8-15H2,2-3H3,(H2,23,24,25). The summed E-state index contributed by atoms with van der Waals surface area (Å²) in [5.41, 5.74) is 1.97. The lowest BCUT2D eigenvalue weighted by molar-refractivity contribution is 0.221. The van der Waals surface area contributed by atoms with Crippen LogP contribution in [0.15, 0.2) is 41.4 Å². The summed E-state index contributed by atoms with van der Waals surface area (Å²) in [7, 11) is 1.80. The van der Waals surface area contributed by atoms with Crippen LogP contribution in [-0.2, 0) is 5.41 Å². The Morgan fingerprint density at radius 3 is 2.58 bits per heavy atom. The summed E-state index contributed by atoms with van der Waals surface area (Å²) in [6.07, 6.45) is 4.26. The highest BCUT2D eigenvalue weighted by atomic mass is 19.1. The molecule has 1 heterocycles. The van der Waals surface area contributed by atoms with Crippen molar-refractivity contribution in [1.82, 2.24) is 15.5 Å². The molecule has 0 atom stereocenters. The summed E-state index contributed by atoms with van der Waals surface area (Å²) in [4.78, 5) is 6.82. The minimum Gasteiger partial charge on any atom is -0.356 e. The number of rotatable bonds is 6. The Labute approximate surface area is 156 Å². The minimum atomic E-state index is -0.0976. The number of hydrogen-bond donors (Lipinski definition) is 2. The van der Waals surface area contributed by atoms with E-state index in [-0.39, 0.29) is 11.2 Å². The van der Waals surface area contributed by atoms with Crippen LogP contribution in [0.3, 0.4) is 0 Å². The third kappa shape index (κ3) is 4.64. The van der Waals surface area contributed by atoms with Gasteiger partial charge in [-0.05, 0) is 44.2 Å². The van der Waals surface area contributed by atoms with Crippen LogP contribution in [0.1, 0.15) is 38.2 Å². The van der Waals surface area contributed by atoms with Crippen molar-refractivity contribution in [2.45, 2.75) is 44.1 Å². The summed E-state index contributed by atoms with van der Waals surface area (Å²) < 4.78 is 14.1. The van der Waals surface area contributed by atoms with Crippen molar-refractivity contribution in [3.8, 4) is 0 Å². The molecule has 1 aromatic rings. The lowest BCUT2D eigenvalue weighted by atomic mass is 9.95. The minimum absolute atomic E-state index is 0.0756. The molecule has 1 aliphatic carbocycles. The molecule has 1 saturated heterocycles. The second-order valence-corrected chi connectivity index (χ2v) is 7.84. The maximum absolute atomic E-state index is 14.1. The van der Waals surface area contributed by atoms with Gasteiger partial charge in [-0.3, -0.25) is 9.89 Å². The Morgan fingerprint density at radius 2 is 2.00 bits per heavy atom. The van der Waals surface area contributed by atoms with Gasteiger partial charge >= 0.3 is 0 Å². The molecule has 1 saturated carbocycles. The monoisotopic (exact) mass is 358 g/mol. The summed E-state index contributed by atoms with van der Waals surface area (Å²) in [6.45, 7) is 9.97. The Bertz CT molecular complexity index is 658. The lowest BCUT2D eigenvalue weighted by Gasteiger charge is -2.33. The molecule has 0 unspecified atom stereocenters. The van der Waals surface area contributed by atoms with Crippen LogP contribution in [-0.4, -0.2) is 50.1 Å². The SMILES string of the molecule is C=C(C)CN1CCC(NC(=NC)NCC2(c3ccccc3F)CC2)CC1. The van der Waals surface area contributed by atoms with Crippen molar-refractivity contribution in [3.63, 3.8) is 0 Å². The number of nitrogens with one attached hydrogen (secondary N) is 2. The van der Waals surface area contributed by atoms with Crippen LogP contribution in [0, 0.1) is 5.82 Å². The summed E-state index contributed by atoms with van der Waals surface area (Å²) in [5, 5.41) is 6.98. The molecular weight excluding hydrogens is 327 g/mol. The molecule has 26 heavy (non-hydrogen) atoms. The van der Waals surface area contributed by atoms with E-state index in [1.54, 1.807) is 19.2 Å². The molecule has 5 heteroatoms. The Balaban J connectivity index is 1.49. The van der Waals surface area contributed by atoms with Crippen LogP contribution in [0.4, 0.5) is 4.39 Å². The van der Waals surface area contributed by atoms with E-state index in [1.165, 1.54) is 5.57 Å². The number of piperidine rings is 1. The molecule has 2 fully saturated rings. The highest BCUT2D eigenvalue weighted by molar-refractivity contribution is 5.80. The highest BCUT2D eigenvalue weighted by Gasteiger charge is 2.45. The Hall–Kier alpha value is -1.88. The summed E-state index contributed by atoms with van der Waals surface area (Å²) in [5.74, 6) is 0.727. The van der Waals surface area contributed by atoms with Crippen LogP contribution in [0.25, 0.3) is 0 Å². The number of guanidine groups is 1. The van der Waals surface area contributed by atoms with Crippen molar-refractivity contribution in [3.05, 3.63) is 47.8 Å². The normalized spacial score (nSPS) is 20.7. The molecule has 0 amide bonds. The first-order valence-corrected chi connectivity index (χ1v) is 9.61. The van der Waals surface area contributed by atoms with Gasteiger partial charge in [0.1, 0.15) is 5.82 Å². The number of nitrogens with zero attached hydrogens (tertiary/aromatic N) is 2. The van der Waals surface area contributed by atoms with Gasteiger partial charge in [0.25, 0.3) is 0 Å². The molecule has 1 aliphatic heterocycles. The summed E-state index contributed by atoms with van der Waals surface area (Å²) >= 11 is 0. The van der Waals surface area contributed by atoms with E-state index in [2.05, 4.69) is 34.0 Å². The molecule has 1 aromatic carbocycles. The van der Waals surface area contributed by atoms with Crippen molar-refractivity contribution >= 4 is 5.96 Å². The third-order valence-corrected chi connectivity index (χ3v) is 5.54. The second kappa shape index (κ2) is 8.21. The first-order valence-electron chi connectivity index (χ1n) is 9.61. The molecule has 0 bridgehead atoms. The molecular formula is C21H31FN4. The predicted octanol–water partition coefficient (Wildman–Crippen LogP) is 3.06. The van der Waals surface area contributed by atoms with Gasteiger partial charge in [-0.15, -0.1) is 0 Å². The fourth-order valence-corrected chi connectivity index (χ4v) is 3.84. The molecule has 142 valence electrons. The van der Waals surface area contributed by atoms with E-state index in [0.29, 0.717) is 6.04 Å². The van der Waals surface area contributed by atoms with Crippen LogP contribution < -0.4 is 10.6 Å². The fraction of sp³-hybridized carbons (Fsp3) is 0.571. The van der Waals surface area contributed by atoms with Gasteiger partial charge in [0.05, 0.1) is 0 Å². The zero-order chi connectivity index (χ0) is 18.6. The van der Waals surface area contributed by atoms with Gasteiger partial charge in [0, 0.05) is 44.7 Å². The van der Waals surface area contributed by atoms with Gasteiger partial charge in [-0.2, -0.15) is 0 Å². The number of benzene rings is 1. The van der Waals surface area contributed by atoms with Gasteiger partial charge < -0.3 is 10.6 Å². The van der Waals surface area contributed by atoms with E-state index in [0.717, 1.165) is 63.4 Å². The van der Waals surface area contributed by atoms with Gasteiger partial charge in [0.2, 0.25) is 0 Å². The molecule has 4 nitrogen and oxygen atoms in total. The van der Waals surface area contributed by atoms with E-state index < -0.39 is 0 Å².